The van der Waals surface area contributed by atoms with Crippen molar-refractivity contribution in [1.82, 2.24) is 15.3 Å². The highest BCUT2D eigenvalue weighted by Crippen LogP contribution is 2.33. The predicted molar refractivity (Wildman–Crippen MR) is 103 cm³/mol. The maximum absolute atomic E-state index is 12.7. The zero-order valence-electron chi connectivity index (χ0n) is 16.1. The Hall–Kier alpha value is -3.34. The minimum absolute atomic E-state index is 0.0487. The summed E-state index contributed by atoms with van der Waals surface area (Å²) in [7, 11) is 0. The van der Waals surface area contributed by atoms with Crippen LogP contribution in [0.25, 0.3) is 0 Å². The molecule has 1 aromatic heterocycles. The van der Waals surface area contributed by atoms with E-state index in [4.69, 9.17) is 19.5 Å². The molecule has 0 spiro atoms. The highest BCUT2D eigenvalue weighted by atomic mass is 16.6. The second-order valence-electron chi connectivity index (χ2n) is 7.23. The van der Waals surface area contributed by atoms with Crippen molar-refractivity contribution >= 4 is 5.91 Å². The van der Waals surface area contributed by atoms with Gasteiger partial charge >= 0.3 is 0 Å². The highest BCUT2D eigenvalue weighted by Gasteiger charge is 2.35. The summed E-state index contributed by atoms with van der Waals surface area (Å²) in [6.45, 7) is 1.83. The fourth-order valence-electron chi connectivity index (χ4n) is 3.66. The third-order valence-corrected chi connectivity index (χ3v) is 5.17. The highest BCUT2D eigenvalue weighted by molar-refractivity contribution is 5.82. The predicted octanol–water partition coefficient (Wildman–Crippen LogP) is 2.38. The molecule has 1 amide bonds. The molecular formula is C21H22N4O4. The third kappa shape index (κ3) is 4.24. The van der Waals surface area contributed by atoms with Crippen molar-refractivity contribution in [1.29, 1.82) is 5.26 Å². The van der Waals surface area contributed by atoms with Gasteiger partial charge in [-0.05, 0) is 44.7 Å². The number of para-hydroxylation sites is 2. The summed E-state index contributed by atoms with van der Waals surface area (Å²) in [6, 6.07) is 9.38. The third-order valence-electron chi connectivity index (χ3n) is 5.17. The van der Waals surface area contributed by atoms with Crippen LogP contribution in [0.1, 0.15) is 38.3 Å². The minimum Gasteiger partial charge on any atom is -0.482 e. The minimum atomic E-state index is -0.684. The number of aromatic nitrogens is 2. The van der Waals surface area contributed by atoms with E-state index in [2.05, 4.69) is 15.3 Å². The van der Waals surface area contributed by atoms with E-state index in [1.165, 1.54) is 12.4 Å². The van der Waals surface area contributed by atoms with Crippen LogP contribution in [0.15, 0.2) is 36.7 Å². The Morgan fingerprint density at radius 3 is 2.55 bits per heavy atom. The number of amides is 1. The first-order chi connectivity index (χ1) is 14.1. The summed E-state index contributed by atoms with van der Waals surface area (Å²) < 4.78 is 17.5. The summed E-state index contributed by atoms with van der Waals surface area (Å²) in [5, 5.41) is 12.2. The molecule has 29 heavy (non-hydrogen) atoms. The Bertz CT molecular complexity index is 921. The van der Waals surface area contributed by atoms with Crippen LogP contribution in [0.5, 0.6) is 17.4 Å². The lowest BCUT2D eigenvalue weighted by molar-refractivity contribution is -0.134. The van der Waals surface area contributed by atoms with Gasteiger partial charge in [0.25, 0.3) is 11.8 Å². The average Bonchev–Trinajstić information content (AvgIpc) is 2.75. The number of hydrogen-bond acceptors (Lipinski definition) is 7. The first kappa shape index (κ1) is 19.0. The van der Waals surface area contributed by atoms with Crippen molar-refractivity contribution in [3.05, 3.63) is 42.4 Å². The lowest BCUT2D eigenvalue weighted by atomic mass is 9.92. The second kappa shape index (κ2) is 8.35. The van der Waals surface area contributed by atoms with E-state index in [0.717, 1.165) is 25.7 Å². The molecule has 2 aromatic rings. The van der Waals surface area contributed by atoms with Crippen molar-refractivity contribution in [2.24, 2.45) is 0 Å². The Balaban J connectivity index is 1.30. The molecular weight excluding hydrogens is 372 g/mol. The topological polar surface area (TPSA) is 106 Å². The molecule has 150 valence electrons. The molecule has 8 nitrogen and oxygen atoms in total. The summed E-state index contributed by atoms with van der Waals surface area (Å²) in [6.07, 6.45) is 4.93. The van der Waals surface area contributed by atoms with Crippen LogP contribution in [0.3, 0.4) is 0 Å². The fraction of sp³-hybridized carbons (Fsp3) is 0.429. The van der Waals surface area contributed by atoms with Crippen LogP contribution < -0.4 is 19.5 Å². The number of nitrogens with zero attached hydrogens (tertiary/aromatic N) is 3. The van der Waals surface area contributed by atoms with E-state index >= 15 is 0 Å². The summed E-state index contributed by atoms with van der Waals surface area (Å²) in [5.41, 5.74) is 0.187. The molecule has 0 saturated heterocycles. The number of nitriles is 1. The molecule has 4 rings (SSSR count). The van der Waals surface area contributed by atoms with Gasteiger partial charge < -0.3 is 19.5 Å². The maximum atomic E-state index is 12.7. The monoisotopic (exact) mass is 394 g/mol. The van der Waals surface area contributed by atoms with Gasteiger partial charge in [0, 0.05) is 18.4 Å². The average molecular weight is 394 g/mol. The van der Waals surface area contributed by atoms with Crippen molar-refractivity contribution in [3.8, 4) is 23.4 Å². The van der Waals surface area contributed by atoms with Gasteiger partial charge in [0.05, 0.1) is 0 Å². The molecule has 1 aliphatic carbocycles. The molecule has 0 unspecified atom stereocenters. The number of ether oxygens (including phenoxy) is 3. The molecule has 1 aromatic carbocycles. The van der Waals surface area contributed by atoms with E-state index in [1.54, 1.807) is 6.07 Å². The Labute approximate surface area is 168 Å². The molecule has 1 fully saturated rings. The van der Waals surface area contributed by atoms with Crippen molar-refractivity contribution in [2.45, 2.75) is 57.0 Å². The van der Waals surface area contributed by atoms with Gasteiger partial charge in [-0.3, -0.25) is 4.79 Å². The fourth-order valence-corrected chi connectivity index (χ4v) is 3.66. The molecule has 8 heteroatoms. The number of rotatable bonds is 4. The van der Waals surface area contributed by atoms with E-state index in [9.17, 15) is 4.79 Å². The largest absolute Gasteiger partial charge is 0.482 e. The first-order valence-electron chi connectivity index (χ1n) is 9.74. The van der Waals surface area contributed by atoms with Crippen LogP contribution >= 0.6 is 0 Å². The molecule has 1 saturated carbocycles. The first-order valence-corrected chi connectivity index (χ1v) is 9.74. The number of carbonyl (C=O) groups is 1. The maximum Gasteiger partial charge on any atom is 0.265 e. The van der Waals surface area contributed by atoms with Crippen LogP contribution in [-0.4, -0.2) is 40.2 Å². The zero-order valence-corrected chi connectivity index (χ0v) is 16.1. The van der Waals surface area contributed by atoms with Crippen LogP contribution in [0.4, 0.5) is 0 Å². The number of nitrogens with one attached hydrogen (secondary N) is 1. The molecule has 1 aliphatic heterocycles. The van der Waals surface area contributed by atoms with Crippen molar-refractivity contribution < 1.29 is 19.0 Å². The summed E-state index contributed by atoms with van der Waals surface area (Å²) >= 11 is 0. The standard InChI is InChI=1S/C21H22N4O4/c1-13-19(29-18-5-3-2-4-17(18)27-13)20(26)25-14-6-8-15(9-7-14)28-21-16(12-22)23-10-11-24-21/h2-5,10-11,13-15,19H,6-9H2,1H3,(H,25,26)/t13-,14?,15?,19-/m1/s1. The van der Waals surface area contributed by atoms with Gasteiger partial charge in [-0.1, -0.05) is 12.1 Å². The number of fused-ring (bicyclic) bond motifs is 1. The van der Waals surface area contributed by atoms with Crippen LogP contribution in [0.2, 0.25) is 0 Å². The molecule has 2 aliphatic rings. The normalized spacial score (nSPS) is 25.5. The van der Waals surface area contributed by atoms with E-state index in [0.29, 0.717) is 11.5 Å². The van der Waals surface area contributed by atoms with Gasteiger partial charge in [0.2, 0.25) is 11.8 Å². The SMILES string of the molecule is C[C@H]1Oc2ccccc2O[C@H]1C(=O)NC1CCC(Oc2nccnc2C#N)CC1. The Morgan fingerprint density at radius 1 is 1.14 bits per heavy atom. The lowest BCUT2D eigenvalue weighted by Gasteiger charge is -2.34. The molecule has 2 atom stereocenters. The van der Waals surface area contributed by atoms with Gasteiger partial charge in [-0.2, -0.15) is 5.26 Å². The molecule has 1 N–H and O–H groups in total. The number of hydrogen-bond donors (Lipinski definition) is 1. The van der Waals surface area contributed by atoms with Crippen molar-refractivity contribution in [2.75, 3.05) is 0 Å². The summed E-state index contributed by atoms with van der Waals surface area (Å²) in [4.78, 5) is 20.8. The Kier molecular flexibility index (Phi) is 5.47. The van der Waals surface area contributed by atoms with E-state index in [1.807, 2.05) is 31.2 Å². The van der Waals surface area contributed by atoms with E-state index in [-0.39, 0.29) is 35.7 Å². The van der Waals surface area contributed by atoms with E-state index < -0.39 is 6.10 Å². The second-order valence-corrected chi connectivity index (χ2v) is 7.23. The van der Waals surface area contributed by atoms with Gasteiger partial charge in [-0.15, -0.1) is 0 Å². The molecule has 0 bridgehead atoms. The lowest BCUT2D eigenvalue weighted by Crippen LogP contribution is -2.52. The van der Waals surface area contributed by atoms with Gasteiger partial charge in [0.1, 0.15) is 18.3 Å². The number of benzene rings is 1. The molecule has 2 heterocycles. The summed E-state index contributed by atoms with van der Waals surface area (Å²) in [5.74, 6) is 1.34. The number of carbonyl (C=O) groups excluding carboxylic acids is 1. The quantitative estimate of drug-likeness (QED) is 0.848. The zero-order chi connectivity index (χ0) is 20.2. The molecule has 0 radical (unpaired) electrons. The van der Waals surface area contributed by atoms with Crippen LogP contribution in [-0.2, 0) is 4.79 Å². The smallest absolute Gasteiger partial charge is 0.265 e. The van der Waals surface area contributed by atoms with Gasteiger partial charge in [-0.25, -0.2) is 9.97 Å². The Morgan fingerprint density at radius 2 is 1.83 bits per heavy atom. The van der Waals surface area contributed by atoms with Crippen LogP contribution in [0, 0.1) is 11.3 Å². The van der Waals surface area contributed by atoms with Gasteiger partial charge in [0.15, 0.2) is 11.5 Å². The van der Waals surface area contributed by atoms with Crippen molar-refractivity contribution in [3.63, 3.8) is 0 Å².